The van der Waals surface area contributed by atoms with Crippen molar-refractivity contribution in [3.05, 3.63) is 58.6 Å². The maximum absolute atomic E-state index is 12.1. The number of halogens is 3. The largest absolute Gasteiger partial charge is 0.435 e. The van der Waals surface area contributed by atoms with Crippen LogP contribution in [0.2, 0.25) is 0 Å². The monoisotopic (exact) mass is 398 g/mol. The lowest BCUT2D eigenvalue weighted by Gasteiger charge is -2.17. The standard InChI is InChI=1S/C17H17BrF2N2O2/c1-22(10-12-6-8-13(9-7-12)24-17(19)20)11-16(23)21-15-5-3-2-4-14(15)18/h2-9,17H,10-11H2,1H3,(H,21,23). The number of anilines is 1. The van der Waals surface area contributed by atoms with Crippen LogP contribution in [0.4, 0.5) is 14.5 Å². The zero-order chi connectivity index (χ0) is 17.5. The molecule has 1 amide bonds. The normalized spacial score (nSPS) is 10.9. The van der Waals surface area contributed by atoms with Gasteiger partial charge in [0.05, 0.1) is 12.2 Å². The molecule has 0 saturated heterocycles. The summed E-state index contributed by atoms with van der Waals surface area (Å²) in [5, 5.41) is 2.83. The van der Waals surface area contributed by atoms with Crippen LogP contribution in [0.1, 0.15) is 5.56 Å². The van der Waals surface area contributed by atoms with Gasteiger partial charge >= 0.3 is 6.61 Å². The van der Waals surface area contributed by atoms with Crippen molar-refractivity contribution in [1.82, 2.24) is 4.90 Å². The molecule has 4 nitrogen and oxygen atoms in total. The molecule has 0 radical (unpaired) electrons. The molecule has 0 aromatic heterocycles. The number of ether oxygens (including phenoxy) is 1. The number of nitrogens with one attached hydrogen (secondary N) is 1. The molecular formula is C17H17BrF2N2O2. The third-order valence-corrected chi connectivity index (χ3v) is 3.85. The van der Waals surface area contributed by atoms with E-state index in [4.69, 9.17) is 0 Å². The topological polar surface area (TPSA) is 41.6 Å². The Morgan fingerprint density at radius 3 is 2.50 bits per heavy atom. The summed E-state index contributed by atoms with van der Waals surface area (Å²) in [6.45, 7) is -2.12. The van der Waals surface area contributed by atoms with Gasteiger partial charge in [-0.1, -0.05) is 24.3 Å². The average Bonchev–Trinajstić information content (AvgIpc) is 2.51. The highest BCUT2D eigenvalue weighted by atomic mass is 79.9. The van der Waals surface area contributed by atoms with Crippen molar-refractivity contribution in [2.45, 2.75) is 13.2 Å². The van der Waals surface area contributed by atoms with Gasteiger partial charge in [0.2, 0.25) is 5.91 Å². The van der Waals surface area contributed by atoms with E-state index in [0.29, 0.717) is 12.2 Å². The van der Waals surface area contributed by atoms with Crippen LogP contribution in [0.3, 0.4) is 0 Å². The van der Waals surface area contributed by atoms with Crippen molar-refractivity contribution < 1.29 is 18.3 Å². The minimum Gasteiger partial charge on any atom is -0.435 e. The van der Waals surface area contributed by atoms with Gasteiger partial charge in [-0.3, -0.25) is 9.69 Å². The predicted molar refractivity (Wildman–Crippen MR) is 92.2 cm³/mol. The summed E-state index contributed by atoms with van der Waals surface area (Å²) in [6.07, 6.45) is 0. The number of alkyl halides is 2. The zero-order valence-corrected chi connectivity index (χ0v) is 14.6. The van der Waals surface area contributed by atoms with E-state index in [0.717, 1.165) is 10.0 Å². The van der Waals surface area contributed by atoms with Gasteiger partial charge in [-0.2, -0.15) is 8.78 Å². The third kappa shape index (κ3) is 5.90. The molecule has 0 atom stereocenters. The molecule has 0 aliphatic rings. The number of para-hydroxylation sites is 1. The molecular weight excluding hydrogens is 382 g/mol. The molecule has 7 heteroatoms. The minimum atomic E-state index is -2.83. The van der Waals surface area contributed by atoms with Crippen LogP contribution in [0.5, 0.6) is 5.75 Å². The van der Waals surface area contributed by atoms with Crippen molar-refractivity contribution in [3.63, 3.8) is 0 Å². The highest BCUT2D eigenvalue weighted by Gasteiger charge is 2.10. The van der Waals surface area contributed by atoms with Crippen LogP contribution >= 0.6 is 15.9 Å². The number of hydrogen-bond acceptors (Lipinski definition) is 3. The lowest BCUT2D eigenvalue weighted by molar-refractivity contribution is -0.117. The Labute approximate surface area is 147 Å². The number of likely N-dealkylation sites (N-methyl/N-ethyl adjacent to an activating group) is 1. The van der Waals surface area contributed by atoms with E-state index < -0.39 is 6.61 Å². The van der Waals surface area contributed by atoms with E-state index in [2.05, 4.69) is 26.0 Å². The molecule has 24 heavy (non-hydrogen) atoms. The van der Waals surface area contributed by atoms with Crippen LogP contribution in [-0.4, -0.2) is 31.0 Å². The van der Waals surface area contributed by atoms with Gasteiger partial charge < -0.3 is 10.1 Å². The Kier molecular flexibility index (Phi) is 6.69. The maximum Gasteiger partial charge on any atom is 0.387 e. The average molecular weight is 399 g/mol. The SMILES string of the molecule is CN(CC(=O)Nc1ccccc1Br)Cc1ccc(OC(F)F)cc1. The first kappa shape index (κ1) is 18.4. The quantitative estimate of drug-likeness (QED) is 0.762. The molecule has 0 bridgehead atoms. The number of amides is 1. The van der Waals surface area contributed by atoms with Crippen molar-refractivity contribution in [2.24, 2.45) is 0 Å². The summed E-state index contributed by atoms with van der Waals surface area (Å²) in [5.41, 5.74) is 1.61. The highest BCUT2D eigenvalue weighted by molar-refractivity contribution is 9.10. The summed E-state index contributed by atoms with van der Waals surface area (Å²) < 4.78 is 29.3. The Balaban J connectivity index is 1.85. The molecule has 2 aromatic carbocycles. The molecule has 0 fully saturated rings. The van der Waals surface area contributed by atoms with Crippen LogP contribution in [-0.2, 0) is 11.3 Å². The van der Waals surface area contributed by atoms with Gasteiger partial charge in [0.1, 0.15) is 5.75 Å². The molecule has 2 rings (SSSR count). The second kappa shape index (κ2) is 8.75. The van der Waals surface area contributed by atoms with Crippen molar-refractivity contribution in [1.29, 1.82) is 0 Å². The fraction of sp³-hybridized carbons (Fsp3) is 0.235. The number of benzene rings is 2. The molecule has 128 valence electrons. The van der Waals surface area contributed by atoms with E-state index >= 15 is 0 Å². The second-order valence-electron chi connectivity index (χ2n) is 5.22. The lowest BCUT2D eigenvalue weighted by Crippen LogP contribution is -2.29. The first-order valence-electron chi connectivity index (χ1n) is 7.20. The van der Waals surface area contributed by atoms with Crippen LogP contribution in [0, 0.1) is 0 Å². The Hall–Kier alpha value is -1.99. The number of carbonyl (C=O) groups excluding carboxylic acids is 1. The molecule has 0 aliphatic heterocycles. The van der Waals surface area contributed by atoms with E-state index in [1.165, 1.54) is 12.1 Å². The van der Waals surface area contributed by atoms with Crippen LogP contribution in [0.25, 0.3) is 0 Å². The minimum absolute atomic E-state index is 0.114. The third-order valence-electron chi connectivity index (χ3n) is 3.16. The van der Waals surface area contributed by atoms with Gasteiger partial charge in [0, 0.05) is 11.0 Å². The van der Waals surface area contributed by atoms with E-state index in [-0.39, 0.29) is 18.2 Å². The van der Waals surface area contributed by atoms with Crippen LogP contribution < -0.4 is 10.1 Å². The van der Waals surface area contributed by atoms with Gasteiger partial charge in [-0.15, -0.1) is 0 Å². The second-order valence-corrected chi connectivity index (χ2v) is 6.08. The molecule has 2 aromatic rings. The van der Waals surface area contributed by atoms with E-state index in [1.54, 1.807) is 12.1 Å². The van der Waals surface area contributed by atoms with Crippen molar-refractivity contribution >= 4 is 27.5 Å². The molecule has 0 heterocycles. The van der Waals surface area contributed by atoms with Gasteiger partial charge in [0.15, 0.2) is 0 Å². The van der Waals surface area contributed by atoms with Gasteiger partial charge in [-0.05, 0) is 52.8 Å². The number of carbonyl (C=O) groups is 1. The first-order chi connectivity index (χ1) is 11.4. The molecule has 0 spiro atoms. The zero-order valence-electron chi connectivity index (χ0n) is 13.0. The number of hydrogen-bond donors (Lipinski definition) is 1. The fourth-order valence-corrected chi connectivity index (χ4v) is 2.53. The van der Waals surface area contributed by atoms with Crippen molar-refractivity contribution in [3.8, 4) is 5.75 Å². The maximum atomic E-state index is 12.1. The highest BCUT2D eigenvalue weighted by Crippen LogP contribution is 2.21. The Morgan fingerprint density at radius 1 is 1.21 bits per heavy atom. The summed E-state index contributed by atoms with van der Waals surface area (Å²) in [7, 11) is 1.81. The smallest absolute Gasteiger partial charge is 0.387 e. The van der Waals surface area contributed by atoms with Crippen molar-refractivity contribution in [2.75, 3.05) is 18.9 Å². The summed E-state index contributed by atoms with van der Waals surface area (Å²) in [6, 6.07) is 13.7. The number of rotatable bonds is 7. The first-order valence-corrected chi connectivity index (χ1v) is 8.00. The van der Waals surface area contributed by atoms with E-state index in [1.807, 2.05) is 36.2 Å². The Bertz CT molecular complexity index is 681. The molecule has 0 saturated carbocycles. The summed E-state index contributed by atoms with van der Waals surface area (Å²) in [4.78, 5) is 13.9. The molecule has 1 N–H and O–H groups in total. The number of nitrogens with zero attached hydrogens (tertiary/aromatic N) is 1. The predicted octanol–water partition coefficient (Wildman–Crippen LogP) is 4.12. The van der Waals surface area contributed by atoms with E-state index in [9.17, 15) is 13.6 Å². The lowest BCUT2D eigenvalue weighted by atomic mass is 10.2. The fourth-order valence-electron chi connectivity index (χ4n) is 2.14. The summed E-state index contributed by atoms with van der Waals surface area (Å²) >= 11 is 3.37. The van der Waals surface area contributed by atoms with Crippen LogP contribution in [0.15, 0.2) is 53.0 Å². The summed E-state index contributed by atoms with van der Waals surface area (Å²) in [5.74, 6) is -0.0230. The van der Waals surface area contributed by atoms with Gasteiger partial charge in [0.25, 0.3) is 0 Å². The molecule has 0 aliphatic carbocycles. The van der Waals surface area contributed by atoms with Gasteiger partial charge in [-0.25, -0.2) is 0 Å². The molecule has 0 unspecified atom stereocenters. The Morgan fingerprint density at radius 2 is 1.88 bits per heavy atom.